The van der Waals surface area contributed by atoms with Crippen molar-refractivity contribution < 1.29 is 4.79 Å². The number of carbonyl (C=O) groups excluding carboxylic acids is 1. The molecule has 4 nitrogen and oxygen atoms in total. The maximum absolute atomic E-state index is 12.4. The quantitative estimate of drug-likeness (QED) is 0.726. The molecule has 3 rings (SSSR count). The summed E-state index contributed by atoms with van der Waals surface area (Å²) in [6.45, 7) is 0.683. The van der Waals surface area contributed by atoms with Crippen LogP contribution in [0.1, 0.15) is 15.9 Å². The predicted octanol–water partition coefficient (Wildman–Crippen LogP) is 3.19. The lowest BCUT2D eigenvalue weighted by Gasteiger charge is -2.17. The maximum atomic E-state index is 12.4. The highest BCUT2D eigenvalue weighted by molar-refractivity contribution is 5.93. The van der Waals surface area contributed by atoms with Gasteiger partial charge in [0.25, 0.3) is 5.91 Å². The Bertz CT molecular complexity index is 749. The Morgan fingerprint density at radius 3 is 2.43 bits per heavy atom. The van der Waals surface area contributed by atoms with Gasteiger partial charge >= 0.3 is 0 Å². The van der Waals surface area contributed by atoms with Crippen LogP contribution in [0.25, 0.3) is 5.82 Å². The fraction of sp³-hybridized carbons (Fsp3) is 0.158. The van der Waals surface area contributed by atoms with Crippen LogP contribution in [0.5, 0.6) is 0 Å². The molecule has 0 saturated carbocycles. The smallest absolute Gasteiger partial charge is 0.255 e. The molecule has 1 amide bonds. The topological polar surface area (TPSA) is 38.1 Å². The normalized spacial score (nSPS) is 10.5. The summed E-state index contributed by atoms with van der Waals surface area (Å²) in [7, 11) is 1.82. The van der Waals surface area contributed by atoms with E-state index in [9.17, 15) is 4.79 Å². The number of aromatic nitrogens is 2. The predicted molar refractivity (Wildman–Crippen MR) is 90.7 cm³/mol. The zero-order valence-corrected chi connectivity index (χ0v) is 13.1. The van der Waals surface area contributed by atoms with Crippen LogP contribution >= 0.6 is 0 Å². The van der Waals surface area contributed by atoms with Gasteiger partial charge in [0.1, 0.15) is 5.82 Å². The lowest BCUT2D eigenvalue weighted by atomic mass is 10.1. The Balaban J connectivity index is 1.63. The number of hydrogen-bond donors (Lipinski definition) is 0. The molecule has 2 aromatic heterocycles. The number of likely N-dealkylation sites (N-methyl/N-ethyl adjacent to an activating group) is 1. The lowest BCUT2D eigenvalue weighted by Crippen LogP contribution is -2.29. The Hall–Kier alpha value is -2.88. The SMILES string of the molecule is CN(CCc1ccccc1)C(=O)c1ccc(-n2cccc2)nc1. The average molecular weight is 305 g/mol. The van der Waals surface area contributed by atoms with Gasteiger partial charge < -0.3 is 9.47 Å². The van der Waals surface area contributed by atoms with Crippen molar-refractivity contribution in [1.82, 2.24) is 14.5 Å². The number of benzene rings is 1. The van der Waals surface area contributed by atoms with Crippen molar-refractivity contribution in [2.75, 3.05) is 13.6 Å². The largest absolute Gasteiger partial charge is 0.341 e. The number of nitrogens with zero attached hydrogens (tertiary/aromatic N) is 3. The zero-order chi connectivity index (χ0) is 16.1. The summed E-state index contributed by atoms with van der Waals surface area (Å²) >= 11 is 0. The zero-order valence-electron chi connectivity index (χ0n) is 13.1. The van der Waals surface area contributed by atoms with Gasteiger partial charge in [-0.1, -0.05) is 30.3 Å². The van der Waals surface area contributed by atoms with Gasteiger partial charge in [-0.25, -0.2) is 4.98 Å². The molecule has 0 aliphatic rings. The first-order valence-corrected chi connectivity index (χ1v) is 7.63. The van der Waals surface area contributed by atoms with Gasteiger partial charge in [0, 0.05) is 32.2 Å². The molecule has 3 aromatic rings. The van der Waals surface area contributed by atoms with E-state index >= 15 is 0 Å². The van der Waals surface area contributed by atoms with E-state index in [1.165, 1.54) is 5.56 Å². The summed E-state index contributed by atoms with van der Waals surface area (Å²) in [5, 5.41) is 0. The van der Waals surface area contributed by atoms with E-state index in [1.807, 2.05) is 66.5 Å². The third-order valence-electron chi connectivity index (χ3n) is 3.79. The van der Waals surface area contributed by atoms with Crippen LogP contribution in [-0.4, -0.2) is 34.0 Å². The minimum absolute atomic E-state index is 0.00696. The lowest BCUT2D eigenvalue weighted by molar-refractivity contribution is 0.0796. The van der Waals surface area contributed by atoms with Gasteiger partial charge in [0.2, 0.25) is 0 Å². The molecule has 0 unspecified atom stereocenters. The highest BCUT2D eigenvalue weighted by Gasteiger charge is 2.12. The Kier molecular flexibility index (Phi) is 4.52. The van der Waals surface area contributed by atoms with Crippen molar-refractivity contribution in [3.63, 3.8) is 0 Å². The van der Waals surface area contributed by atoms with E-state index in [0.29, 0.717) is 12.1 Å². The molecule has 23 heavy (non-hydrogen) atoms. The summed E-state index contributed by atoms with van der Waals surface area (Å²) in [4.78, 5) is 18.5. The Labute approximate surface area is 136 Å². The van der Waals surface area contributed by atoms with E-state index in [0.717, 1.165) is 12.2 Å². The van der Waals surface area contributed by atoms with E-state index < -0.39 is 0 Å². The molecule has 0 aliphatic carbocycles. The number of hydrogen-bond acceptors (Lipinski definition) is 2. The highest BCUT2D eigenvalue weighted by atomic mass is 16.2. The number of amides is 1. The molecule has 0 atom stereocenters. The van der Waals surface area contributed by atoms with E-state index in [1.54, 1.807) is 11.1 Å². The summed E-state index contributed by atoms with van der Waals surface area (Å²) in [6, 6.07) is 17.7. The third kappa shape index (κ3) is 3.66. The molecule has 0 fully saturated rings. The molecular weight excluding hydrogens is 286 g/mol. The molecule has 0 N–H and O–H groups in total. The van der Waals surface area contributed by atoms with Gasteiger partial charge in [-0.05, 0) is 36.2 Å². The monoisotopic (exact) mass is 305 g/mol. The van der Waals surface area contributed by atoms with Crippen LogP contribution in [0.2, 0.25) is 0 Å². The minimum Gasteiger partial charge on any atom is -0.341 e. The molecule has 2 heterocycles. The molecule has 0 spiro atoms. The summed E-state index contributed by atoms with van der Waals surface area (Å²) in [5.41, 5.74) is 1.84. The van der Waals surface area contributed by atoms with Crippen LogP contribution in [0, 0.1) is 0 Å². The van der Waals surface area contributed by atoms with Crippen molar-refractivity contribution in [3.05, 3.63) is 84.3 Å². The van der Waals surface area contributed by atoms with Crippen molar-refractivity contribution in [1.29, 1.82) is 0 Å². The summed E-state index contributed by atoms with van der Waals surface area (Å²) in [5.74, 6) is 0.797. The fourth-order valence-corrected chi connectivity index (χ4v) is 2.42. The maximum Gasteiger partial charge on any atom is 0.255 e. The number of pyridine rings is 1. The number of carbonyl (C=O) groups is 1. The van der Waals surface area contributed by atoms with Crippen molar-refractivity contribution in [2.45, 2.75) is 6.42 Å². The average Bonchev–Trinajstić information content (AvgIpc) is 3.15. The first kappa shape index (κ1) is 15.0. The highest BCUT2D eigenvalue weighted by Crippen LogP contribution is 2.09. The Morgan fingerprint density at radius 2 is 1.78 bits per heavy atom. The van der Waals surface area contributed by atoms with Crippen molar-refractivity contribution >= 4 is 5.91 Å². The van der Waals surface area contributed by atoms with E-state index in [2.05, 4.69) is 17.1 Å². The Morgan fingerprint density at radius 1 is 1.04 bits per heavy atom. The van der Waals surface area contributed by atoms with E-state index in [-0.39, 0.29) is 5.91 Å². The molecule has 116 valence electrons. The first-order valence-electron chi connectivity index (χ1n) is 7.63. The second kappa shape index (κ2) is 6.92. The molecular formula is C19H19N3O. The molecule has 0 bridgehead atoms. The molecule has 1 aromatic carbocycles. The van der Waals surface area contributed by atoms with Crippen molar-refractivity contribution in [3.8, 4) is 5.82 Å². The van der Waals surface area contributed by atoms with Gasteiger partial charge in [-0.3, -0.25) is 4.79 Å². The third-order valence-corrected chi connectivity index (χ3v) is 3.79. The second-order valence-corrected chi connectivity index (χ2v) is 5.46. The summed E-state index contributed by atoms with van der Waals surface area (Å²) in [6.07, 6.45) is 6.33. The van der Waals surface area contributed by atoms with Crippen molar-refractivity contribution in [2.24, 2.45) is 0 Å². The molecule has 0 radical (unpaired) electrons. The molecule has 0 saturated heterocycles. The van der Waals surface area contributed by atoms with Gasteiger partial charge in [-0.2, -0.15) is 0 Å². The van der Waals surface area contributed by atoms with Crippen LogP contribution in [0.15, 0.2) is 73.2 Å². The van der Waals surface area contributed by atoms with Crippen LogP contribution in [0.4, 0.5) is 0 Å². The van der Waals surface area contributed by atoms with E-state index in [4.69, 9.17) is 0 Å². The van der Waals surface area contributed by atoms with Gasteiger partial charge in [0.15, 0.2) is 0 Å². The first-order chi connectivity index (χ1) is 11.2. The molecule has 4 heteroatoms. The second-order valence-electron chi connectivity index (χ2n) is 5.46. The summed E-state index contributed by atoms with van der Waals surface area (Å²) < 4.78 is 1.91. The van der Waals surface area contributed by atoms with Gasteiger partial charge in [-0.15, -0.1) is 0 Å². The molecule has 0 aliphatic heterocycles. The van der Waals surface area contributed by atoms with Gasteiger partial charge in [0.05, 0.1) is 5.56 Å². The van der Waals surface area contributed by atoms with Crippen LogP contribution < -0.4 is 0 Å². The minimum atomic E-state index is -0.00696. The fourth-order valence-electron chi connectivity index (χ4n) is 2.42. The standard InChI is InChI=1S/C19H19N3O/c1-21(14-11-16-7-3-2-4-8-16)19(23)17-9-10-18(20-15-17)22-12-5-6-13-22/h2-10,12-13,15H,11,14H2,1H3. The number of rotatable bonds is 5. The van der Waals surface area contributed by atoms with Crippen LogP contribution in [0.3, 0.4) is 0 Å². The van der Waals surface area contributed by atoms with Crippen LogP contribution in [-0.2, 0) is 6.42 Å².